The molecular weight excluding hydrogens is 242 g/mol. The fourth-order valence-electron chi connectivity index (χ4n) is 1.72. The molecule has 5 heteroatoms. The van der Waals surface area contributed by atoms with Crippen molar-refractivity contribution in [3.63, 3.8) is 0 Å². The number of rotatable bonds is 4. The molecule has 1 heterocycles. The summed E-state index contributed by atoms with van der Waals surface area (Å²) in [4.78, 5) is 4.33. The molecule has 0 unspecified atom stereocenters. The predicted octanol–water partition coefficient (Wildman–Crippen LogP) is 2.61. The molecule has 0 atom stereocenters. The number of oxime groups is 1. The second-order valence-corrected chi connectivity index (χ2v) is 5.91. The number of nitrogens with two attached hydrogens (primary N) is 1. The zero-order valence-corrected chi connectivity index (χ0v) is 12.3. The fourth-order valence-corrected chi connectivity index (χ4v) is 1.72. The zero-order chi connectivity index (χ0) is 14.6. The van der Waals surface area contributed by atoms with Crippen molar-refractivity contribution in [3.05, 3.63) is 22.9 Å². The second kappa shape index (κ2) is 5.91. The van der Waals surface area contributed by atoms with Crippen LogP contribution in [0.15, 0.2) is 11.2 Å². The molecule has 1 aromatic heterocycles. The lowest BCUT2D eigenvalue weighted by atomic mass is 9.93. The average molecular weight is 265 g/mol. The van der Waals surface area contributed by atoms with Gasteiger partial charge in [0.05, 0.1) is 12.2 Å². The van der Waals surface area contributed by atoms with Crippen molar-refractivity contribution in [2.45, 2.75) is 41.0 Å². The minimum atomic E-state index is 0.0239. The highest BCUT2D eigenvalue weighted by atomic mass is 16.5. The molecule has 0 fully saturated rings. The van der Waals surface area contributed by atoms with Gasteiger partial charge in [-0.3, -0.25) is 0 Å². The first-order valence-corrected chi connectivity index (χ1v) is 6.33. The molecule has 0 aromatic carbocycles. The molecule has 0 amide bonds. The van der Waals surface area contributed by atoms with Gasteiger partial charge >= 0.3 is 0 Å². The van der Waals surface area contributed by atoms with E-state index in [1.807, 2.05) is 19.9 Å². The quantitative estimate of drug-likeness (QED) is 0.379. The highest BCUT2D eigenvalue weighted by Gasteiger charge is 2.16. The highest BCUT2D eigenvalue weighted by Crippen LogP contribution is 2.23. The van der Waals surface area contributed by atoms with Gasteiger partial charge in [0, 0.05) is 5.69 Å². The van der Waals surface area contributed by atoms with E-state index in [1.165, 1.54) is 0 Å². The van der Waals surface area contributed by atoms with Crippen LogP contribution in [-0.4, -0.2) is 22.6 Å². The van der Waals surface area contributed by atoms with Gasteiger partial charge in [0.25, 0.3) is 0 Å². The van der Waals surface area contributed by atoms with Crippen LogP contribution in [0.5, 0.6) is 5.88 Å². The Bertz CT molecular complexity index is 476. The van der Waals surface area contributed by atoms with Gasteiger partial charge in [0.1, 0.15) is 0 Å². The van der Waals surface area contributed by atoms with Crippen LogP contribution in [0.3, 0.4) is 0 Å². The van der Waals surface area contributed by atoms with E-state index in [4.69, 9.17) is 15.7 Å². The Morgan fingerprint density at radius 1 is 1.42 bits per heavy atom. The molecule has 1 rings (SSSR count). The van der Waals surface area contributed by atoms with Crippen LogP contribution in [0.4, 0.5) is 0 Å². The number of hydrogen-bond acceptors (Lipinski definition) is 4. The number of aromatic nitrogens is 1. The molecule has 0 saturated heterocycles. The van der Waals surface area contributed by atoms with Gasteiger partial charge in [-0.2, -0.15) is 0 Å². The van der Waals surface area contributed by atoms with Crippen molar-refractivity contribution in [3.8, 4) is 5.88 Å². The van der Waals surface area contributed by atoms with Crippen LogP contribution in [0.25, 0.3) is 0 Å². The third kappa shape index (κ3) is 4.43. The Kier molecular flexibility index (Phi) is 4.75. The molecule has 1 aromatic rings. The molecule has 0 spiro atoms. The summed E-state index contributed by atoms with van der Waals surface area (Å²) < 4.78 is 5.71. The minimum absolute atomic E-state index is 0.0239. The van der Waals surface area contributed by atoms with Crippen molar-refractivity contribution in [1.82, 2.24) is 4.98 Å². The molecule has 0 bridgehead atoms. The first-order valence-electron chi connectivity index (χ1n) is 6.33. The van der Waals surface area contributed by atoms with Crippen molar-refractivity contribution in [2.24, 2.45) is 16.3 Å². The van der Waals surface area contributed by atoms with Crippen molar-refractivity contribution in [1.29, 1.82) is 0 Å². The van der Waals surface area contributed by atoms with Crippen LogP contribution in [0, 0.1) is 19.3 Å². The second-order valence-electron chi connectivity index (χ2n) is 5.91. The molecule has 0 aliphatic carbocycles. The summed E-state index contributed by atoms with van der Waals surface area (Å²) in [6, 6.07) is 1.88. The number of nitrogens with zero attached hydrogens (tertiary/aromatic N) is 2. The van der Waals surface area contributed by atoms with Gasteiger partial charge in [-0.15, -0.1) is 0 Å². The molecule has 106 valence electrons. The van der Waals surface area contributed by atoms with Crippen molar-refractivity contribution in [2.75, 3.05) is 6.61 Å². The van der Waals surface area contributed by atoms with Crippen LogP contribution >= 0.6 is 0 Å². The van der Waals surface area contributed by atoms with E-state index in [0.29, 0.717) is 18.1 Å². The average Bonchev–Trinajstić information content (AvgIpc) is 2.25. The van der Waals surface area contributed by atoms with Gasteiger partial charge < -0.3 is 15.7 Å². The van der Waals surface area contributed by atoms with Gasteiger partial charge in [-0.1, -0.05) is 25.9 Å². The fraction of sp³-hybridized carbons (Fsp3) is 0.571. The van der Waals surface area contributed by atoms with Crippen LogP contribution in [0.1, 0.15) is 44.0 Å². The Morgan fingerprint density at radius 2 is 2.05 bits per heavy atom. The third-order valence-corrected chi connectivity index (χ3v) is 2.77. The summed E-state index contributed by atoms with van der Waals surface area (Å²) >= 11 is 0. The topological polar surface area (TPSA) is 80.7 Å². The number of hydrogen-bond donors (Lipinski definition) is 2. The molecule has 0 saturated carbocycles. The zero-order valence-electron chi connectivity index (χ0n) is 12.3. The van der Waals surface area contributed by atoms with E-state index in [-0.39, 0.29) is 11.3 Å². The monoisotopic (exact) mass is 265 g/mol. The number of pyridine rings is 1. The van der Waals surface area contributed by atoms with Crippen LogP contribution < -0.4 is 10.5 Å². The van der Waals surface area contributed by atoms with Crippen molar-refractivity contribution < 1.29 is 9.94 Å². The first-order chi connectivity index (χ1) is 8.74. The third-order valence-electron chi connectivity index (χ3n) is 2.77. The van der Waals surface area contributed by atoms with E-state index in [2.05, 4.69) is 30.9 Å². The van der Waals surface area contributed by atoms with Gasteiger partial charge in [-0.25, -0.2) is 4.98 Å². The molecule has 3 N–H and O–H groups in total. The first kappa shape index (κ1) is 15.3. The van der Waals surface area contributed by atoms with E-state index in [0.717, 1.165) is 17.7 Å². The van der Waals surface area contributed by atoms with Gasteiger partial charge in [0.15, 0.2) is 5.84 Å². The SMILES string of the molecule is Cc1cc(C)c(C(N)=NO)c(OCCC(C)(C)C)n1. The summed E-state index contributed by atoms with van der Waals surface area (Å²) in [5.74, 6) is 0.452. The maximum atomic E-state index is 8.84. The van der Waals surface area contributed by atoms with Crippen LogP contribution in [0.2, 0.25) is 0 Å². The minimum Gasteiger partial charge on any atom is -0.477 e. The number of aryl methyl sites for hydroxylation is 2. The summed E-state index contributed by atoms with van der Waals surface area (Å²) in [5.41, 5.74) is 8.16. The van der Waals surface area contributed by atoms with Gasteiger partial charge in [-0.05, 0) is 37.3 Å². The molecule has 0 aliphatic heterocycles. The summed E-state index contributed by atoms with van der Waals surface area (Å²) in [7, 11) is 0. The van der Waals surface area contributed by atoms with E-state index < -0.39 is 0 Å². The Labute approximate surface area is 114 Å². The lowest BCUT2D eigenvalue weighted by Crippen LogP contribution is -2.19. The lowest BCUT2D eigenvalue weighted by Gasteiger charge is -2.19. The standard InChI is InChI=1S/C14H23N3O2/c1-9-8-10(2)16-13(11(9)12(15)17-18)19-7-6-14(3,4)5/h8,18H,6-7H2,1-5H3,(H2,15,17). The number of amidine groups is 1. The van der Waals surface area contributed by atoms with E-state index in [9.17, 15) is 0 Å². The summed E-state index contributed by atoms with van der Waals surface area (Å²) in [6.45, 7) is 10.8. The van der Waals surface area contributed by atoms with E-state index in [1.54, 1.807) is 0 Å². The van der Waals surface area contributed by atoms with Gasteiger partial charge in [0.2, 0.25) is 5.88 Å². The number of ether oxygens (including phenoxy) is 1. The molecular formula is C14H23N3O2. The molecule has 19 heavy (non-hydrogen) atoms. The Hall–Kier alpha value is -1.78. The maximum absolute atomic E-state index is 8.84. The largest absolute Gasteiger partial charge is 0.477 e. The normalized spacial score (nSPS) is 12.6. The summed E-state index contributed by atoms with van der Waals surface area (Å²) in [5, 5.41) is 11.9. The Balaban J connectivity index is 2.99. The molecule has 5 nitrogen and oxygen atoms in total. The lowest BCUT2D eigenvalue weighted by molar-refractivity contribution is 0.235. The maximum Gasteiger partial charge on any atom is 0.225 e. The highest BCUT2D eigenvalue weighted by molar-refractivity contribution is 6.00. The van der Waals surface area contributed by atoms with E-state index >= 15 is 0 Å². The van der Waals surface area contributed by atoms with Crippen molar-refractivity contribution >= 4 is 5.84 Å². The summed E-state index contributed by atoms with van der Waals surface area (Å²) in [6.07, 6.45) is 0.900. The Morgan fingerprint density at radius 3 is 2.58 bits per heavy atom. The molecule has 0 aliphatic rings. The van der Waals surface area contributed by atoms with Crippen LogP contribution in [-0.2, 0) is 0 Å². The molecule has 0 radical (unpaired) electrons. The predicted molar refractivity (Wildman–Crippen MR) is 75.8 cm³/mol. The smallest absolute Gasteiger partial charge is 0.225 e.